The molecule has 76 valence electrons. The fourth-order valence-corrected chi connectivity index (χ4v) is 3.68. The van der Waals surface area contributed by atoms with E-state index < -0.39 is 28.7 Å². The van der Waals surface area contributed by atoms with Crippen molar-refractivity contribution in [2.45, 2.75) is 16.6 Å². The minimum atomic E-state index is -3.33. The Hall–Kier alpha value is 0.0500. The molecule has 0 aliphatic carbocycles. The molecule has 6 heteroatoms. The topological polar surface area (TPSA) is 23.1 Å². The molecule has 0 saturated carbocycles. The zero-order valence-corrected chi connectivity index (χ0v) is 9.66. The second kappa shape index (κ2) is 3.28. The lowest BCUT2D eigenvalue weighted by molar-refractivity contribution is 0.0975. The van der Waals surface area contributed by atoms with Crippen LogP contribution >= 0.6 is 22.6 Å². The lowest BCUT2D eigenvalue weighted by atomic mass is 10.1. The molecule has 0 radical (unpaired) electrons. The smallest absolute Gasteiger partial charge is 0.416 e. The van der Waals surface area contributed by atoms with Crippen molar-refractivity contribution >= 4 is 33.8 Å². The van der Waals surface area contributed by atoms with Crippen molar-refractivity contribution in [3.63, 3.8) is 0 Å². The van der Waals surface area contributed by atoms with E-state index >= 15 is 0 Å². The molecule has 0 N–H and O–H groups in total. The van der Waals surface area contributed by atoms with E-state index in [-0.39, 0.29) is 10.5 Å². The van der Waals surface area contributed by atoms with Gasteiger partial charge in [0.2, 0.25) is 0 Å². The normalized spacial score (nSPS) is 23.6. The summed E-state index contributed by atoms with van der Waals surface area (Å²) in [6, 6.07) is 2.48. The van der Waals surface area contributed by atoms with Gasteiger partial charge in [-0.3, -0.25) is 0 Å². The van der Waals surface area contributed by atoms with Crippen molar-refractivity contribution in [3.05, 3.63) is 27.1 Å². The van der Waals surface area contributed by atoms with Crippen LogP contribution in [0.15, 0.2) is 17.0 Å². The van der Waals surface area contributed by atoms with Gasteiger partial charge in [-0.15, -0.1) is 0 Å². The molecule has 1 heterocycles. The summed E-state index contributed by atoms with van der Waals surface area (Å²) >= 11 is -0.629. The van der Waals surface area contributed by atoms with Gasteiger partial charge in [0.05, 0.1) is 26.7 Å². The summed E-state index contributed by atoms with van der Waals surface area (Å²) in [6.07, 6.45) is -0.766. The largest absolute Gasteiger partial charge is 0.607 e. The second-order valence-corrected chi connectivity index (χ2v) is 5.62. The van der Waals surface area contributed by atoms with Crippen LogP contribution in [0.5, 0.6) is 0 Å². The summed E-state index contributed by atoms with van der Waals surface area (Å²) in [6.45, 7) is 0. The molecule has 1 unspecified atom stereocenters. The summed E-state index contributed by atoms with van der Waals surface area (Å²) < 4.78 is 50.9. The van der Waals surface area contributed by atoms with E-state index in [0.29, 0.717) is 3.57 Å². The third kappa shape index (κ3) is 1.43. The average molecular weight is 332 g/mol. The van der Waals surface area contributed by atoms with Gasteiger partial charge in [-0.05, 0) is 34.7 Å². The standard InChI is InChI=1S/C8H4F3IOS/c9-5-1-2-6(12)7-4(5)3-8(10,11)14(7)13/h1-2H,3H2. The van der Waals surface area contributed by atoms with Gasteiger partial charge in [0.1, 0.15) is 5.82 Å². The maximum absolute atomic E-state index is 13.1. The van der Waals surface area contributed by atoms with Gasteiger partial charge in [-0.1, -0.05) is 0 Å². The van der Waals surface area contributed by atoms with Crippen molar-refractivity contribution in [1.82, 2.24) is 0 Å². The predicted octanol–water partition coefficient (Wildman–Crippen LogP) is 2.69. The summed E-state index contributed by atoms with van der Waals surface area (Å²) in [7, 11) is 0. The highest BCUT2D eigenvalue weighted by Gasteiger charge is 2.54. The Kier molecular flexibility index (Phi) is 2.47. The Morgan fingerprint density at radius 2 is 2.07 bits per heavy atom. The first-order valence-corrected chi connectivity index (χ1v) is 5.93. The van der Waals surface area contributed by atoms with Crippen LogP contribution in [0.4, 0.5) is 13.2 Å². The molecule has 1 nitrogen and oxygen atoms in total. The van der Waals surface area contributed by atoms with E-state index in [0.717, 1.165) is 6.07 Å². The number of rotatable bonds is 0. The van der Waals surface area contributed by atoms with E-state index in [2.05, 4.69) is 0 Å². The number of fused-ring (bicyclic) bond motifs is 1. The number of alkyl halides is 2. The highest BCUT2D eigenvalue weighted by atomic mass is 127. The molecule has 14 heavy (non-hydrogen) atoms. The van der Waals surface area contributed by atoms with E-state index in [1.54, 1.807) is 22.6 Å². The fourth-order valence-electron chi connectivity index (χ4n) is 1.36. The Balaban J connectivity index is 2.64. The molecule has 1 aliphatic heterocycles. The first-order chi connectivity index (χ1) is 6.43. The van der Waals surface area contributed by atoms with Gasteiger partial charge in [0.15, 0.2) is 4.90 Å². The molecule has 1 atom stereocenters. The van der Waals surface area contributed by atoms with Crippen LogP contribution in [-0.2, 0) is 17.6 Å². The highest BCUT2D eigenvalue weighted by Crippen LogP contribution is 2.44. The maximum Gasteiger partial charge on any atom is 0.416 e. The summed E-state index contributed by atoms with van der Waals surface area (Å²) in [5.74, 6) is -0.703. The van der Waals surface area contributed by atoms with Crippen LogP contribution in [0.25, 0.3) is 0 Å². The van der Waals surface area contributed by atoms with Crippen molar-refractivity contribution in [2.24, 2.45) is 0 Å². The molecule has 0 amide bonds. The zero-order valence-electron chi connectivity index (χ0n) is 6.69. The average Bonchev–Trinajstić information content (AvgIpc) is 2.33. The molecule has 1 aliphatic rings. The van der Waals surface area contributed by atoms with Gasteiger partial charge < -0.3 is 4.55 Å². The molecule has 0 aromatic heterocycles. The molecule has 1 aromatic carbocycles. The first-order valence-electron chi connectivity index (χ1n) is 3.70. The van der Waals surface area contributed by atoms with E-state index in [9.17, 15) is 17.7 Å². The lowest BCUT2D eigenvalue weighted by Crippen LogP contribution is -2.24. The molecule has 0 spiro atoms. The maximum atomic E-state index is 13.1. The predicted molar refractivity (Wildman–Crippen MR) is 54.2 cm³/mol. The number of benzene rings is 1. The molecule has 1 aromatic rings. The van der Waals surface area contributed by atoms with Crippen LogP contribution in [0.2, 0.25) is 0 Å². The van der Waals surface area contributed by atoms with Gasteiger partial charge in [-0.2, -0.15) is 8.78 Å². The number of hydrogen-bond acceptors (Lipinski definition) is 1. The summed E-state index contributed by atoms with van der Waals surface area (Å²) in [4.78, 5) is -0.0457. The Labute approximate surface area is 95.0 Å². The van der Waals surface area contributed by atoms with Gasteiger partial charge in [0, 0.05) is 0 Å². The summed E-state index contributed by atoms with van der Waals surface area (Å²) in [5.41, 5.74) is -0.111. The van der Waals surface area contributed by atoms with Crippen molar-refractivity contribution < 1.29 is 17.7 Å². The van der Waals surface area contributed by atoms with E-state index in [1.807, 2.05) is 0 Å². The van der Waals surface area contributed by atoms with Crippen LogP contribution in [0, 0.1) is 9.39 Å². The highest BCUT2D eigenvalue weighted by molar-refractivity contribution is 14.1. The first kappa shape index (κ1) is 10.6. The SMILES string of the molecule is [O-][S+]1c2c(I)ccc(F)c2CC1(F)F. The van der Waals surface area contributed by atoms with Gasteiger partial charge in [0.25, 0.3) is 0 Å². The minimum Gasteiger partial charge on any atom is -0.607 e. The third-order valence-corrected chi connectivity index (χ3v) is 4.78. The molecule has 0 saturated heterocycles. The fraction of sp³-hybridized carbons (Fsp3) is 0.250. The van der Waals surface area contributed by atoms with Crippen LogP contribution in [0.1, 0.15) is 5.56 Å². The molecular formula is C8H4F3IOS. The monoisotopic (exact) mass is 332 g/mol. The summed E-state index contributed by atoms with van der Waals surface area (Å²) in [5, 5.41) is -3.33. The zero-order chi connectivity index (χ0) is 10.5. The molecular weight excluding hydrogens is 328 g/mol. The molecule has 0 bridgehead atoms. The minimum absolute atomic E-state index is 0.0457. The van der Waals surface area contributed by atoms with Crippen LogP contribution in [0.3, 0.4) is 0 Å². The van der Waals surface area contributed by atoms with Crippen molar-refractivity contribution in [2.75, 3.05) is 0 Å². The van der Waals surface area contributed by atoms with Gasteiger partial charge in [-0.25, -0.2) is 4.39 Å². The third-order valence-electron chi connectivity index (χ3n) is 1.99. The number of hydrogen-bond donors (Lipinski definition) is 0. The lowest BCUT2D eigenvalue weighted by Gasteiger charge is -2.11. The van der Waals surface area contributed by atoms with Crippen LogP contribution < -0.4 is 0 Å². The van der Waals surface area contributed by atoms with E-state index in [1.165, 1.54) is 6.07 Å². The molecule has 2 rings (SSSR count). The van der Waals surface area contributed by atoms with Crippen molar-refractivity contribution in [3.8, 4) is 0 Å². The Morgan fingerprint density at radius 1 is 1.43 bits per heavy atom. The van der Waals surface area contributed by atoms with Gasteiger partial charge >= 0.3 is 5.25 Å². The molecule has 0 fully saturated rings. The Morgan fingerprint density at radius 3 is 2.64 bits per heavy atom. The number of halogens is 4. The quantitative estimate of drug-likeness (QED) is 0.529. The Bertz CT molecular complexity index is 396. The second-order valence-electron chi connectivity index (χ2n) is 2.92. The van der Waals surface area contributed by atoms with E-state index in [4.69, 9.17) is 0 Å². The van der Waals surface area contributed by atoms with Crippen LogP contribution in [-0.4, -0.2) is 9.81 Å². The van der Waals surface area contributed by atoms with Crippen molar-refractivity contribution in [1.29, 1.82) is 0 Å².